The Morgan fingerprint density at radius 3 is 2.53 bits per heavy atom. The Labute approximate surface area is 209 Å². The van der Waals surface area contributed by atoms with Crippen LogP contribution in [0.1, 0.15) is 34.7 Å². The standard InChI is InChI=1S/C28H30N2O6/c1-4-14-34-28(33)24-15-22(16-25(36-24)35-18-21-12-10-20(17-31)11-13-21)26-19(2)29(3)30(27(26)32)23-8-6-5-7-9-23/h4-13,15,22,25,31H,1,14,16-18H2,2-3H3/t22-,25+/m0/s1. The van der Waals surface area contributed by atoms with E-state index in [0.29, 0.717) is 12.0 Å². The maximum Gasteiger partial charge on any atom is 0.373 e. The summed E-state index contributed by atoms with van der Waals surface area (Å²) in [6.45, 7) is 5.69. The summed E-state index contributed by atoms with van der Waals surface area (Å²) >= 11 is 0. The Morgan fingerprint density at radius 1 is 1.17 bits per heavy atom. The molecule has 2 aromatic carbocycles. The van der Waals surface area contributed by atoms with Crippen molar-refractivity contribution >= 4 is 5.97 Å². The number of hydrogen-bond acceptors (Lipinski definition) is 6. The molecule has 188 valence electrons. The number of hydrogen-bond donors (Lipinski definition) is 1. The highest BCUT2D eigenvalue weighted by Gasteiger charge is 2.33. The molecule has 8 heteroatoms. The molecule has 2 atom stereocenters. The number of benzene rings is 2. The van der Waals surface area contributed by atoms with E-state index in [1.807, 2.05) is 73.3 Å². The third-order valence-electron chi connectivity index (χ3n) is 6.20. The lowest BCUT2D eigenvalue weighted by Gasteiger charge is -2.28. The van der Waals surface area contributed by atoms with E-state index in [2.05, 4.69) is 6.58 Å². The van der Waals surface area contributed by atoms with Gasteiger partial charge in [0.15, 0.2) is 0 Å². The van der Waals surface area contributed by atoms with Crippen molar-refractivity contribution in [3.8, 4) is 5.69 Å². The molecular weight excluding hydrogens is 460 g/mol. The van der Waals surface area contributed by atoms with Gasteiger partial charge in [-0.15, -0.1) is 0 Å². The van der Waals surface area contributed by atoms with E-state index < -0.39 is 18.2 Å². The Morgan fingerprint density at radius 2 is 1.86 bits per heavy atom. The second kappa shape index (κ2) is 11.2. The van der Waals surface area contributed by atoms with Gasteiger partial charge in [0.2, 0.25) is 12.0 Å². The fourth-order valence-electron chi connectivity index (χ4n) is 4.26. The summed E-state index contributed by atoms with van der Waals surface area (Å²) < 4.78 is 20.5. The van der Waals surface area contributed by atoms with Crippen LogP contribution in [0.15, 0.2) is 83.9 Å². The molecule has 0 saturated heterocycles. The highest BCUT2D eigenvalue weighted by molar-refractivity contribution is 5.86. The molecule has 1 N–H and O–H groups in total. The molecule has 0 amide bonds. The monoisotopic (exact) mass is 490 g/mol. The average Bonchev–Trinajstić information content (AvgIpc) is 3.13. The van der Waals surface area contributed by atoms with Crippen LogP contribution in [-0.4, -0.2) is 33.3 Å². The second-order valence-electron chi connectivity index (χ2n) is 8.57. The van der Waals surface area contributed by atoms with Gasteiger partial charge in [0.05, 0.1) is 18.9 Å². The number of aromatic nitrogens is 2. The summed E-state index contributed by atoms with van der Waals surface area (Å²) in [6, 6.07) is 16.8. The number of nitrogens with zero attached hydrogens (tertiary/aromatic N) is 2. The van der Waals surface area contributed by atoms with Gasteiger partial charge in [0, 0.05) is 30.6 Å². The lowest BCUT2D eigenvalue weighted by molar-refractivity contribution is -0.163. The predicted octanol–water partition coefficient (Wildman–Crippen LogP) is 3.64. The first kappa shape index (κ1) is 25.2. The number of carbonyl (C=O) groups excluding carboxylic acids is 1. The highest BCUT2D eigenvalue weighted by Crippen LogP contribution is 2.33. The number of ether oxygens (including phenoxy) is 3. The Bertz CT molecular complexity index is 1300. The lowest BCUT2D eigenvalue weighted by atomic mass is 9.93. The molecule has 0 aliphatic carbocycles. The first-order valence-electron chi connectivity index (χ1n) is 11.7. The van der Waals surface area contributed by atoms with Crippen molar-refractivity contribution in [2.24, 2.45) is 7.05 Å². The number of aliphatic hydroxyl groups is 1. The summed E-state index contributed by atoms with van der Waals surface area (Å²) in [5.41, 5.74) is 3.63. The number of aliphatic hydroxyl groups excluding tert-OH is 1. The second-order valence-corrected chi connectivity index (χ2v) is 8.57. The minimum Gasteiger partial charge on any atom is -0.458 e. The van der Waals surface area contributed by atoms with Crippen molar-refractivity contribution < 1.29 is 24.1 Å². The van der Waals surface area contributed by atoms with Gasteiger partial charge < -0.3 is 19.3 Å². The van der Waals surface area contributed by atoms with Crippen LogP contribution >= 0.6 is 0 Å². The summed E-state index contributed by atoms with van der Waals surface area (Å²) in [6.07, 6.45) is 2.69. The van der Waals surface area contributed by atoms with Crippen LogP contribution in [0, 0.1) is 6.92 Å². The van der Waals surface area contributed by atoms with E-state index in [1.165, 1.54) is 6.08 Å². The first-order chi connectivity index (χ1) is 17.4. The number of para-hydroxylation sites is 1. The molecule has 1 aromatic heterocycles. The van der Waals surface area contributed by atoms with Gasteiger partial charge in [-0.05, 0) is 36.3 Å². The summed E-state index contributed by atoms with van der Waals surface area (Å²) in [7, 11) is 1.83. The van der Waals surface area contributed by atoms with Crippen LogP contribution in [-0.2, 0) is 39.3 Å². The van der Waals surface area contributed by atoms with Crippen molar-refractivity contribution in [3.63, 3.8) is 0 Å². The third kappa shape index (κ3) is 5.35. The molecule has 1 aliphatic heterocycles. The maximum atomic E-state index is 13.6. The van der Waals surface area contributed by atoms with E-state index in [0.717, 1.165) is 22.5 Å². The van der Waals surface area contributed by atoms with Crippen LogP contribution in [0.3, 0.4) is 0 Å². The van der Waals surface area contributed by atoms with Gasteiger partial charge in [-0.2, -0.15) is 0 Å². The fourth-order valence-corrected chi connectivity index (χ4v) is 4.26. The van der Waals surface area contributed by atoms with Crippen molar-refractivity contribution in [1.82, 2.24) is 9.36 Å². The molecule has 0 radical (unpaired) electrons. The molecule has 3 aromatic rings. The summed E-state index contributed by atoms with van der Waals surface area (Å²) in [5, 5.41) is 9.24. The SMILES string of the molecule is C=CCOC(=O)C1=C[C@H](c2c(C)n(C)n(-c3ccccc3)c2=O)C[C@H](OCc2ccc(CO)cc2)O1. The maximum absolute atomic E-state index is 13.6. The normalized spacial score (nSPS) is 17.2. The molecule has 2 heterocycles. The van der Waals surface area contributed by atoms with E-state index >= 15 is 0 Å². The summed E-state index contributed by atoms with van der Waals surface area (Å²) in [5.74, 6) is -1.06. The molecular formula is C28H30N2O6. The van der Waals surface area contributed by atoms with Crippen LogP contribution < -0.4 is 5.56 Å². The molecule has 36 heavy (non-hydrogen) atoms. The van der Waals surface area contributed by atoms with E-state index in [4.69, 9.17) is 14.2 Å². The molecule has 4 rings (SSSR count). The molecule has 0 bridgehead atoms. The number of allylic oxidation sites excluding steroid dienone is 1. The van der Waals surface area contributed by atoms with E-state index in [1.54, 1.807) is 10.8 Å². The predicted molar refractivity (Wildman–Crippen MR) is 134 cm³/mol. The Kier molecular flexibility index (Phi) is 7.87. The van der Waals surface area contributed by atoms with Crippen molar-refractivity contribution in [3.05, 3.63) is 112 Å². The third-order valence-corrected chi connectivity index (χ3v) is 6.20. The molecule has 0 saturated carbocycles. The van der Waals surface area contributed by atoms with Crippen molar-refractivity contribution in [2.75, 3.05) is 6.61 Å². The largest absolute Gasteiger partial charge is 0.458 e. The molecule has 0 fully saturated rings. The van der Waals surface area contributed by atoms with Crippen LogP contribution in [0.5, 0.6) is 0 Å². The van der Waals surface area contributed by atoms with Crippen LogP contribution in [0.4, 0.5) is 0 Å². The zero-order chi connectivity index (χ0) is 25.7. The van der Waals surface area contributed by atoms with Gasteiger partial charge in [-0.3, -0.25) is 9.48 Å². The minimum atomic E-state index is -0.770. The quantitative estimate of drug-likeness (QED) is 0.364. The number of esters is 1. The zero-order valence-corrected chi connectivity index (χ0v) is 20.4. The Hall–Kier alpha value is -3.88. The molecule has 8 nitrogen and oxygen atoms in total. The lowest BCUT2D eigenvalue weighted by Crippen LogP contribution is -2.30. The summed E-state index contributed by atoms with van der Waals surface area (Å²) in [4.78, 5) is 26.2. The van der Waals surface area contributed by atoms with Crippen LogP contribution in [0.2, 0.25) is 0 Å². The molecule has 0 spiro atoms. The van der Waals surface area contributed by atoms with Gasteiger partial charge >= 0.3 is 5.97 Å². The van der Waals surface area contributed by atoms with Crippen molar-refractivity contribution in [2.45, 2.75) is 38.8 Å². The van der Waals surface area contributed by atoms with Crippen LogP contribution in [0.25, 0.3) is 5.69 Å². The van der Waals surface area contributed by atoms with Gasteiger partial charge in [0.1, 0.15) is 6.61 Å². The molecule has 1 aliphatic rings. The Balaban J connectivity index is 1.64. The minimum absolute atomic E-state index is 0.00245. The van der Waals surface area contributed by atoms with Gasteiger partial charge in [0.25, 0.3) is 5.56 Å². The van der Waals surface area contributed by atoms with Gasteiger partial charge in [-0.1, -0.05) is 55.1 Å². The number of carbonyl (C=O) groups is 1. The smallest absolute Gasteiger partial charge is 0.373 e. The fraction of sp³-hybridized carbons (Fsp3) is 0.286. The van der Waals surface area contributed by atoms with E-state index in [-0.39, 0.29) is 31.1 Å². The highest BCUT2D eigenvalue weighted by atomic mass is 16.7. The first-order valence-corrected chi connectivity index (χ1v) is 11.7. The topological polar surface area (TPSA) is 91.9 Å². The zero-order valence-electron chi connectivity index (χ0n) is 20.4. The molecule has 0 unspecified atom stereocenters. The average molecular weight is 491 g/mol. The number of rotatable bonds is 9. The van der Waals surface area contributed by atoms with Crippen molar-refractivity contribution in [1.29, 1.82) is 0 Å². The van der Waals surface area contributed by atoms with Gasteiger partial charge in [-0.25, -0.2) is 9.48 Å². The van der Waals surface area contributed by atoms with E-state index in [9.17, 15) is 14.7 Å².